The molecule has 0 aromatic carbocycles. The first-order valence-corrected chi connectivity index (χ1v) is 3.13. The van der Waals surface area contributed by atoms with Gasteiger partial charge in [-0.3, -0.25) is 0 Å². The molecule has 1 aromatic rings. The summed E-state index contributed by atoms with van der Waals surface area (Å²) in [5.41, 5.74) is 5.99. The van der Waals surface area contributed by atoms with Crippen molar-refractivity contribution in [3.8, 4) is 0 Å². The summed E-state index contributed by atoms with van der Waals surface area (Å²) in [4.78, 5) is 3.62. The van der Waals surface area contributed by atoms with E-state index in [9.17, 15) is 4.39 Å². The van der Waals surface area contributed by atoms with Crippen molar-refractivity contribution in [2.75, 3.05) is 12.8 Å². The van der Waals surface area contributed by atoms with Crippen molar-refractivity contribution in [3.63, 3.8) is 0 Å². The standard InChI is InChI=1S/C7H9FN2O/c1-11-4-5-2-6(8)3-10-7(5)9/h2-3H,4H2,1H3,(H2,9,10). The summed E-state index contributed by atoms with van der Waals surface area (Å²) in [6.45, 7) is 0.288. The first-order valence-electron chi connectivity index (χ1n) is 3.13. The number of aromatic nitrogens is 1. The molecule has 0 bridgehead atoms. The van der Waals surface area contributed by atoms with E-state index in [2.05, 4.69) is 4.98 Å². The van der Waals surface area contributed by atoms with Crippen molar-refractivity contribution in [2.24, 2.45) is 0 Å². The fourth-order valence-corrected chi connectivity index (χ4v) is 0.763. The van der Waals surface area contributed by atoms with Gasteiger partial charge in [-0.15, -0.1) is 0 Å². The van der Waals surface area contributed by atoms with Crippen LogP contribution in [0.4, 0.5) is 10.2 Å². The maximum Gasteiger partial charge on any atom is 0.142 e. The number of nitrogen functional groups attached to an aromatic ring is 1. The molecule has 4 heteroatoms. The summed E-state index contributed by atoms with van der Waals surface area (Å²) in [6.07, 6.45) is 1.08. The summed E-state index contributed by atoms with van der Waals surface area (Å²) in [6, 6.07) is 1.31. The first kappa shape index (κ1) is 7.94. The van der Waals surface area contributed by atoms with Crippen molar-refractivity contribution in [1.82, 2.24) is 4.98 Å². The molecule has 0 saturated carbocycles. The van der Waals surface area contributed by atoms with Crippen LogP contribution < -0.4 is 5.73 Å². The number of nitrogens with zero attached hydrogens (tertiary/aromatic N) is 1. The Hall–Kier alpha value is -1.16. The molecule has 0 atom stereocenters. The van der Waals surface area contributed by atoms with Gasteiger partial charge in [0, 0.05) is 12.7 Å². The molecule has 0 fully saturated rings. The average molecular weight is 156 g/mol. The monoisotopic (exact) mass is 156 g/mol. The minimum Gasteiger partial charge on any atom is -0.383 e. The summed E-state index contributed by atoms with van der Waals surface area (Å²) < 4.78 is 17.3. The summed E-state index contributed by atoms with van der Waals surface area (Å²) in [5.74, 6) is -0.0838. The molecule has 2 N–H and O–H groups in total. The number of hydrogen-bond acceptors (Lipinski definition) is 3. The Balaban J connectivity index is 2.93. The predicted molar refractivity (Wildman–Crippen MR) is 39.3 cm³/mol. The Morgan fingerprint density at radius 1 is 1.73 bits per heavy atom. The van der Waals surface area contributed by atoms with Gasteiger partial charge >= 0.3 is 0 Å². The largest absolute Gasteiger partial charge is 0.383 e. The van der Waals surface area contributed by atoms with Crippen molar-refractivity contribution in [3.05, 3.63) is 23.6 Å². The quantitative estimate of drug-likeness (QED) is 0.693. The van der Waals surface area contributed by atoms with Crippen LogP contribution in [0.3, 0.4) is 0 Å². The van der Waals surface area contributed by atoms with Crippen molar-refractivity contribution in [2.45, 2.75) is 6.61 Å². The maximum absolute atomic E-state index is 12.5. The van der Waals surface area contributed by atoms with Crippen molar-refractivity contribution >= 4 is 5.82 Å². The highest BCUT2D eigenvalue weighted by molar-refractivity contribution is 5.38. The van der Waals surface area contributed by atoms with Gasteiger partial charge in [-0.2, -0.15) is 0 Å². The lowest BCUT2D eigenvalue weighted by molar-refractivity contribution is 0.185. The van der Waals surface area contributed by atoms with Gasteiger partial charge < -0.3 is 10.5 Å². The molecule has 3 nitrogen and oxygen atoms in total. The SMILES string of the molecule is COCc1cc(F)cnc1N. The lowest BCUT2D eigenvalue weighted by Gasteiger charge is -2.01. The van der Waals surface area contributed by atoms with Gasteiger partial charge in [-0.25, -0.2) is 9.37 Å². The van der Waals surface area contributed by atoms with E-state index in [1.807, 2.05) is 0 Å². The molecule has 0 radical (unpaired) electrons. The Labute approximate surface area is 64.0 Å². The molecular weight excluding hydrogens is 147 g/mol. The number of hydrogen-bond donors (Lipinski definition) is 1. The van der Waals surface area contributed by atoms with Crippen molar-refractivity contribution < 1.29 is 9.13 Å². The highest BCUT2D eigenvalue weighted by atomic mass is 19.1. The molecule has 0 aliphatic rings. The van der Waals surface area contributed by atoms with Gasteiger partial charge in [0.05, 0.1) is 12.8 Å². The van der Waals surface area contributed by atoms with Crippen LogP contribution in [-0.2, 0) is 11.3 Å². The van der Waals surface area contributed by atoms with Crippen molar-refractivity contribution in [1.29, 1.82) is 0 Å². The van der Waals surface area contributed by atoms with Crippen LogP contribution in [0.25, 0.3) is 0 Å². The number of ether oxygens (including phenoxy) is 1. The zero-order valence-corrected chi connectivity index (χ0v) is 6.17. The van der Waals surface area contributed by atoms with E-state index in [0.29, 0.717) is 11.4 Å². The van der Waals surface area contributed by atoms with E-state index in [1.165, 1.54) is 13.2 Å². The van der Waals surface area contributed by atoms with E-state index in [0.717, 1.165) is 6.20 Å². The molecule has 1 aromatic heterocycles. The molecule has 1 rings (SSSR count). The third kappa shape index (κ3) is 1.88. The van der Waals surface area contributed by atoms with Gasteiger partial charge in [0.1, 0.15) is 11.6 Å². The molecule has 0 spiro atoms. The van der Waals surface area contributed by atoms with Crippen LogP contribution in [0, 0.1) is 5.82 Å². The molecule has 0 aliphatic carbocycles. The van der Waals surface area contributed by atoms with Crippen LogP contribution in [0.15, 0.2) is 12.3 Å². The smallest absolute Gasteiger partial charge is 0.142 e. The average Bonchev–Trinajstić information content (AvgIpc) is 1.98. The van der Waals surface area contributed by atoms with Gasteiger partial charge in [-0.05, 0) is 6.07 Å². The number of pyridine rings is 1. The van der Waals surface area contributed by atoms with Gasteiger partial charge in [0.25, 0.3) is 0 Å². The van der Waals surface area contributed by atoms with Crippen LogP contribution in [0.2, 0.25) is 0 Å². The lowest BCUT2D eigenvalue weighted by Crippen LogP contribution is -1.99. The molecule has 0 amide bonds. The third-order valence-corrected chi connectivity index (χ3v) is 1.27. The number of rotatable bonds is 2. The fourth-order valence-electron chi connectivity index (χ4n) is 0.763. The van der Waals surface area contributed by atoms with Gasteiger partial charge in [-0.1, -0.05) is 0 Å². The van der Waals surface area contributed by atoms with Crippen LogP contribution in [-0.4, -0.2) is 12.1 Å². The minimum atomic E-state index is -0.397. The van der Waals surface area contributed by atoms with E-state index in [4.69, 9.17) is 10.5 Å². The summed E-state index contributed by atoms with van der Waals surface area (Å²) in [7, 11) is 1.52. The molecule has 0 unspecified atom stereocenters. The minimum absolute atomic E-state index is 0.288. The molecular formula is C7H9FN2O. The molecule has 0 aliphatic heterocycles. The second-order valence-corrected chi connectivity index (χ2v) is 2.13. The second kappa shape index (κ2) is 3.30. The molecule has 1 heterocycles. The predicted octanol–water partition coefficient (Wildman–Crippen LogP) is 0.949. The number of anilines is 1. The second-order valence-electron chi connectivity index (χ2n) is 2.13. The van der Waals surface area contributed by atoms with Crippen LogP contribution in [0.5, 0.6) is 0 Å². The number of halogens is 1. The van der Waals surface area contributed by atoms with Gasteiger partial charge in [0.15, 0.2) is 0 Å². The van der Waals surface area contributed by atoms with Gasteiger partial charge in [0.2, 0.25) is 0 Å². The van der Waals surface area contributed by atoms with E-state index < -0.39 is 5.82 Å². The summed E-state index contributed by atoms with van der Waals surface area (Å²) in [5, 5.41) is 0. The highest BCUT2D eigenvalue weighted by Gasteiger charge is 2.00. The molecule has 0 saturated heterocycles. The van der Waals surface area contributed by atoms with E-state index in [-0.39, 0.29) is 6.61 Å². The topological polar surface area (TPSA) is 48.1 Å². The number of nitrogens with two attached hydrogens (primary N) is 1. The number of methoxy groups -OCH3 is 1. The Bertz CT molecular complexity index is 252. The molecule has 11 heavy (non-hydrogen) atoms. The van der Waals surface area contributed by atoms with Crippen LogP contribution in [0.1, 0.15) is 5.56 Å². The summed E-state index contributed by atoms with van der Waals surface area (Å²) >= 11 is 0. The zero-order chi connectivity index (χ0) is 8.27. The lowest BCUT2D eigenvalue weighted by atomic mass is 10.3. The fraction of sp³-hybridized carbons (Fsp3) is 0.286. The molecule has 60 valence electrons. The zero-order valence-electron chi connectivity index (χ0n) is 6.17. The Kier molecular flexibility index (Phi) is 2.38. The highest BCUT2D eigenvalue weighted by Crippen LogP contribution is 2.10. The van der Waals surface area contributed by atoms with E-state index >= 15 is 0 Å². The maximum atomic E-state index is 12.5. The normalized spacial score (nSPS) is 10.0. The Morgan fingerprint density at radius 3 is 3.09 bits per heavy atom. The Morgan fingerprint density at radius 2 is 2.45 bits per heavy atom. The third-order valence-electron chi connectivity index (χ3n) is 1.27. The van der Waals surface area contributed by atoms with Crippen LogP contribution >= 0.6 is 0 Å². The first-order chi connectivity index (χ1) is 5.24. The van der Waals surface area contributed by atoms with E-state index in [1.54, 1.807) is 0 Å².